The number of nitrogens with zero attached hydrogens (tertiary/aromatic N) is 3. The van der Waals surface area contributed by atoms with Crippen molar-refractivity contribution in [2.75, 3.05) is 51.2 Å². The Hall–Kier alpha value is -1.07. The van der Waals surface area contributed by atoms with E-state index >= 15 is 0 Å². The first-order valence-corrected chi connectivity index (χ1v) is 7.02. The standard InChI is InChI=1S/C13H23N5/c1-17-6-2-3-11(10-17)12-9-13(16-15-12)18-7-4-14-5-8-18/h9,11,14H,2-8,10H2,1H3,(H,15,16). The van der Waals surface area contributed by atoms with Crippen LogP contribution in [0.3, 0.4) is 0 Å². The van der Waals surface area contributed by atoms with Crippen LogP contribution in [0.1, 0.15) is 24.5 Å². The molecule has 1 aromatic rings. The molecule has 2 fully saturated rings. The molecule has 5 nitrogen and oxygen atoms in total. The molecule has 0 aromatic carbocycles. The lowest BCUT2D eigenvalue weighted by atomic mass is 9.95. The van der Waals surface area contributed by atoms with Crippen molar-refractivity contribution in [1.29, 1.82) is 0 Å². The molecular formula is C13H23N5. The Morgan fingerprint density at radius 1 is 1.28 bits per heavy atom. The van der Waals surface area contributed by atoms with Gasteiger partial charge in [-0.15, -0.1) is 0 Å². The van der Waals surface area contributed by atoms with Gasteiger partial charge < -0.3 is 15.1 Å². The minimum absolute atomic E-state index is 0.632. The largest absolute Gasteiger partial charge is 0.353 e. The van der Waals surface area contributed by atoms with Gasteiger partial charge in [0.25, 0.3) is 0 Å². The molecule has 2 N–H and O–H groups in total. The number of H-pyrrole nitrogens is 1. The van der Waals surface area contributed by atoms with Crippen LogP contribution in [-0.4, -0.2) is 61.4 Å². The van der Waals surface area contributed by atoms with Gasteiger partial charge in [-0.25, -0.2) is 0 Å². The number of rotatable bonds is 2. The minimum Gasteiger partial charge on any atom is -0.353 e. The molecule has 0 saturated carbocycles. The summed E-state index contributed by atoms with van der Waals surface area (Å²) in [5, 5.41) is 11.1. The van der Waals surface area contributed by atoms with E-state index in [-0.39, 0.29) is 0 Å². The molecule has 0 bridgehead atoms. The van der Waals surface area contributed by atoms with Gasteiger partial charge in [-0.05, 0) is 26.4 Å². The lowest BCUT2D eigenvalue weighted by Crippen LogP contribution is -2.43. The number of nitrogens with one attached hydrogen (secondary N) is 2. The number of aromatic amines is 1. The van der Waals surface area contributed by atoms with Crippen molar-refractivity contribution in [1.82, 2.24) is 20.4 Å². The Kier molecular flexibility index (Phi) is 3.52. The highest BCUT2D eigenvalue weighted by Crippen LogP contribution is 2.27. The van der Waals surface area contributed by atoms with Crippen LogP contribution in [0.25, 0.3) is 0 Å². The number of likely N-dealkylation sites (tertiary alicyclic amines) is 1. The Morgan fingerprint density at radius 3 is 2.89 bits per heavy atom. The zero-order valence-corrected chi connectivity index (χ0v) is 11.2. The van der Waals surface area contributed by atoms with E-state index in [4.69, 9.17) is 0 Å². The zero-order valence-electron chi connectivity index (χ0n) is 11.2. The van der Waals surface area contributed by atoms with Crippen molar-refractivity contribution in [3.05, 3.63) is 11.8 Å². The number of aromatic nitrogens is 2. The van der Waals surface area contributed by atoms with Crippen LogP contribution >= 0.6 is 0 Å². The average Bonchev–Trinajstić information content (AvgIpc) is 2.89. The monoisotopic (exact) mass is 249 g/mol. The van der Waals surface area contributed by atoms with Gasteiger partial charge in [0.05, 0.1) is 0 Å². The molecule has 0 spiro atoms. The van der Waals surface area contributed by atoms with Crippen molar-refractivity contribution in [3.63, 3.8) is 0 Å². The van der Waals surface area contributed by atoms with Crippen LogP contribution in [0, 0.1) is 0 Å². The van der Waals surface area contributed by atoms with Crippen molar-refractivity contribution in [2.24, 2.45) is 0 Å². The Labute approximate surface area is 109 Å². The predicted molar refractivity (Wildman–Crippen MR) is 73.1 cm³/mol. The normalized spacial score (nSPS) is 26.5. The maximum Gasteiger partial charge on any atom is 0.150 e. The molecule has 2 saturated heterocycles. The van der Waals surface area contributed by atoms with Crippen LogP contribution in [0.2, 0.25) is 0 Å². The number of piperidine rings is 1. The van der Waals surface area contributed by atoms with E-state index in [0.717, 1.165) is 38.5 Å². The lowest BCUT2D eigenvalue weighted by Gasteiger charge is -2.29. The van der Waals surface area contributed by atoms with Crippen LogP contribution in [0.4, 0.5) is 5.82 Å². The molecule has 18 heavy (non-hydrogen) atoms. The molecule has 0 aliphatic carbocycles. The van der Waals surface area contributed by atoms with E-state index in [9.17, 15) is 0 Å². The first-order valence-electron chi connectivity index (χ1n) is 7.02. The third-order valence-corrected chi connectivity index (χ3v) is 4.09. The summed E-state index contributed by atoms with van der Waals surface area (Å²) in [6, 6.07) is 2.26. The van der Waals surface area contributed by atoms with Gasteiger partial charge in [-0.3, -0.25) is 5.10 Å². The molecule has 3 heterocycles. The van der Waals surface area contributed by atoms with E-state index in [1.807, 2.05) is 0 Å². The molecule has 2 aliphatic heterocycles. The molecule has 1 unspecified atom stereocenters. The van der Waals surface area contributed by atoms with Crippen LogP contribution < -0.4 is 10.2 Å². The summed E-state index contributed by atoms with van der Waals surface area (Å²) < 4.78 is 0. The first-order chi connectivity index (χ1) is 8.83. The van der Waals surface area contributed by atoms with Crippen molar-refractivity contribution in [2.45, 2.75) is 18.8 Å². The second kappa shape index (κ2) is 5.28. The molecule has 1 aromatic heterocycles. The number of hydrogen-bond acceptors (Lipinski definition) is 4. The van der Waals surface area contributed by atoms with Crippen LogP contribution in [0.15, 0.2) is 6.07 Å². The number of piperazine rings is 1. The Balaban J connectivity index is 1.68. The maximum atomic E-state index is 4.49. The molecule has 1 atom stereocenters. The zero-order chi connectivity index (χ0) is 12.4. The summed E-state index contributed by atoms with van der Waals surface area (Å²) >= 11 is 0. The Morgan fingerprint density at radius 2 is 2.11 bits per heavy atom. The van der Waals surface area contributed by atoms with Crippen molar-refractivity contribution >= 4 is 5.82 Å². The molecule has 3 rings (SSSR count). The Bertz CT molecular complexity index is 382. The van der Waals surface area contributed by atoms with Crippen molar-refractivity contribution in [3.8, 4) is 0 Å². The molecule has 100 valence electrons. The fourth-order valence-electron chi connectivity index (χ4n) is 3.01. The minimum atomic E-state index is 0.632. The molecule has 0 amide bonds. The third-order valence-electron chi connectivity index (χ3n) is 4.09. The highest BCUT2D eigenvalue weighted by atomic mass is 15.3. The smallest absolute Gasteiger partial charge is 0.150 e. The molecule has 5 heteroatoms. The van der Waals surface area contributed by atoms with Gasteiger partial charge >= 0.3 is 0 Å². The van der Waals surface area contributed by atoms with Gasteiger partial charge in [0.1, 0.15) is 0 Å². The summed E-state index contributed by atoms with van der Waals surface area (Å²) in [5.41, 5.74) is 1.31. The van der Waals surface area contributed by atoms with Crippen LogP contribution in [0.5, 0.6) is 0 Å². The SMILES string of the molecule is CN1CCCC(c2cc(N3CCNCC3)n[nH]2)C1. The fraction of sp³-hybridized carbons (Fsp3) is 0.769. The predicted octanol–water partition coefficient (Wildman–Crippen LogP) is 0.629. The van der Waals surface area contributed by atoms with E-state index in [0.29, 0.717) is 5.92 Å². The van der Waals surface area contributed by atoms with Crippen molar-refractivity contribution < 1.29 is 0 Å². The van der Waals surface area contributed by atoms with E-state index in [1.165, 1.54) is 25.1 Å². The van der Waals surface area contributed by atoms with E-state index in [1.54, 1.807) is 0 Å². The van der Waals surface area contributed by atoms with Gasteiger partial charge in [0.15, 0.2) is 5.82 Å². The van der Waals surface area contributed by atoms with Gasteiger partial charge in [0, 0.05) is 50.4 Å². The highest BCUT2D eigenvalue weighted by molar-refractivity contribution is 5.40. The number of likely N-dealkylation sites (N-methyl/N-ethyl adjacent to an activating group) is 1. The second-order valence-corrected chi connectivity index (χ2v) is 5.52. The topological polar surface area (TPSA) is 47.2 Å². The summed E-state index contributed by atoms with van der Waals surface area (Å²) in [7, 11) is 2.21. The third kappa shape index (κ3) is 2.52. The molecule has 2 aliphatic rings. The summed E-state index contributed by atoms with van der Waals surface area (Å²) in [4.78, 5) is 4.78. The molecule has 0 radical (unpaired) electrons. The fourth-order valence-corrected chi connectivity index (χ4v) is 3.01. The highest BCUT2D eigenvalue weighted by Gasteiger charge is 2.22. The maximum absolute atomic E-state index is 4.49. The van der Waals surface area contributed by atoms with Gasteiger partial charge in [0.2, 0.25) is 0 Å². The van der Waals surface area contributed by atoms with E-state index < -0.39 is 0 Å². The quantitative estimate of drug-likeness (QED) is 0.807. The first kappa shape index (κ1) is 12.0. The average molecular weight is 249 g/mol. The summed E-state index contributed by atoms with van der Waals surface area (Å²) in [5.74, 6) is 1.76. The number of anilines is 1. The second-order valence-electron chi connectivity index (χ2n) is 5.52. The van der Waals surface area contributed by atoms with Gasteiger partial charge in [-0.1, -0.05) is 0 Å². The summed E-state index contributed by atoms with van der Waals surface area (Å²) in [6.45, 7) is 6.64. The van der Waals surface area contributed by atoms with Crippen LogP contribution in [-0.2, 0) is 0 Å². The summed E-state index contributed by atoms with van der Waals surface area (Å²) in [6.07, 6.45) is 2.58. The number of hydrogen-bond donors (Lipinski definition) is 2. The van der Waals surface area contributed by atoms with Gasteiger partial charge in [-0.2, -0.15) is 5.10 Å². The van der Waals surface area contributed by atoms with E-state index in [2.05, 4.69) is 38.4 Å². The lowest BCUT2D eigenvalue weighted by molar-refractivity contribution is 0.248. The molecular weight excluding hydrogens is 226 g/mol.